The number of nitrogens with one attached hydrogen (secondary N) is 1. The van der Waals surface area contributed by atoms with Gasteiger partial charge >= 0.3 is 0 Å². The first-order valence-corrected chi connectivity index (χ1v) is 14.5. The summed E-state index contributed by atoms with van der Waals surface area (Å²) >= 11 is 0. The summed E-state index contributed by atoms with van der Waals surface area (Å²) in [7, 11) is -2.80. The minimum Gasteiger partial charge on any atom is -0.497 e. The van der Waals surface area contributed by atoms with Gasteiger partial charge in [0.05, 0.1) is 22.6 Å². The minimum atomic E-state index is -4.33. The summed E-state index contributed by atoms with van der Waals surface area (Å²) in [5.74, 6) is -0.451. The third-order valence-electron chi connectivity index (χ3n) is 6.62. The highest BCUT2D eigenvalue weighted by molar-refractivity contribution is 7.92. The van der Waals surface area contributed by atoms with Gasteiger partial charge in [0.25, 0.3) is 15.7 Å². The van der Waals surface area contributed by atoms with Crippen LogP contribution >= 0.6 is 0 Å². The number of nitro groups is 1. The Morgan fingerprint density at radius 1 is 1.00 bits per heavy atom. The molecule has 3 aromatic carbocycles. The van der Waals surface area contributed by atoms with Gasteiger partial charge in [-0.05, 0) is 56.2 Å². The molecule has 41 heavy (non-hydrogen) atoms. The number of hydrogen-bond donors (Lipinski definition) is 1. The Morgan fingerprint density at radius 2 is 1.66 bits per heavy atom. The summed E-state index contributed by atoms with van der Waals surface area (Å²) in [4.78, 5) is 39.1. The second kappa shape index (κ2) is 13.8. The maximum atomic E-state index is 13.9. The van der Waals surface area contributed by atoms with Crippen LogP contribution in [0.2, 0.25) is 0 Å². The number of non-ortho nitro benzene ring substituents is 1. The van der Waals surface area contributed by atoms with Crippen LogP contribution < -0.4 is 14.4 Å². The largest absolute Gasteiger partial charge is 0.497 e. The van der Waals surface area contributed by atoms with Crippen molar-refractivity contribution < 1.29 is 27.7 Å². The quantitative estimate of drug-likeness (QED) is 0.236. The zero-order valence-corrected chi connectivity index (χ0v) is 24.2. The molecule has 3 aromatic rings. The molecule has 0 fully saturated rings. The van der Waals surface area contributed by atoms with Crippen molar-refractivity contribution in [1.29, 1.82) is 0 Å². The number of sulfonamides is 1. The number of nitrogens with zero attached hydrogens (tertiary/aromatic N) is 3. The standard InChI is InChI=1S/C29H34N4O7S/c1-5-21(2)30-29(35)22(3)31(19-23-14-16-26(40-4)17-15-23)28(34)20-32(24-10-9-11-25(18-24)33(36)37)41(38,39)27-12-7-6-8-13-27/h6-18,21-22H,5,19-20H2,1-4H3,(H,30,35)/t21-,22-/m0/s1. The monoisotopic (exact) mass is 582 g/mol. The van der Waals surface area contributed by atoms with Gasteiger partial charge in [-0.1, -0.05) is 43.3 Å². The molecule has 218 valence electrons. The maximum Gasteiger partial charge on any atom is 0.271 e. The number of carbonyl (C=O) groups excluding carboxylic acids is 2. The molecule has 0 aliphatic heterocycles. The first kappa shape index (κ1) is 31.1. The number of methoxy groups -OCH3 is 1. The molecule has 1 N–H and O–H groups in total. The van der Waals surface area contributed by atoms with E-state index in [1.54, 1.807) is 37.3 Å². The summed E-state index contributed by atoms with van der Waals surface area (Å²) in [6, 6.07) is 18.4. The predicted octanol–water partition coefficient (Wildman–Crippen LogP) is 4.13. The molecule has 0 spiro atoms. The van der Waals surface area contributed by atoms with Gasteiger partial charge in [-0.25, -0.2) is 8.42 Å². The molecule has 0 aromatic heterocycles. The van der Waals surface area contributed by atoms with E-state index in [1.165, 1.54) is 54.5 Å². The van der Waals surface area contributed by atoms with Crippen LogP contribution in [0.4, 0.5) is 11.4 Å². The van der Waals surface area contributed by atoms with Crippen LogP contribution in [0.1, 0.15) is 32.8 Å². The third kappa shape index (κ3) is 7.82. The number of benzene rings is 3. The van der Waals surface area contributed by atoms with Crippen molar-refractivity contribution in [2.45, 2.75) is 50.7 Å². The Morgan fingerprint density at radius 3 is 2.24 bits per heavy atom. The Bertz CT molecular complexity index is 1460. The number of amides is 2. The molecule has 0 heterocycles. The van der Waals surface area contributed by atoms with Crippen molar-refractivity contribution in [1.82, 2.24) is 10.2 Å². The fraction of sp³-hybridized carbons (Fsp3) is 0.310. The topological polar surface area (TPSA) is 139 Å². The van der Waals surface area contributed by atoms with Gasteiger partial charge in [0.2, 0.25) is 11.8 Å². The number of ether oxygens (including phenoxy) is 1. The second-order valence-corrected chi connectivity index (χ2v) is 11.3. The summed E-state index contributed by atoms with van der Waals surface area (Å²) in [6.45, 7) is 4.64. The first-order chi connectivity index (χ1) is 19.5. The molecular weight excluding hydrogens is 548 g/mol. The van der Waals surface area contributed by atoms with Crippen LogP contribution in [0.5, 0.6) is 5.75 Å². The molecule has 0 aliphatic rings. The van der Waals surface area contributed by atoms with Crippen LogP contribution in [0.15, 0.2) is 83.8 Å². The van der Waals surface area contributed by atoms with E-state index in [2.05, 4.69) is 5.32 Å². The highest BCUT2D eigenvalue weighted by atomic mass is 32.2. The lowest BCUT2D eigenvalue weighted by atomic mass is 10.1. The summed E-state index contributed by atoms with van der Waals surface area (Å²) in [5, 5.41) is 14.3. The number of rotatable bonds is 13. The van der Waals surface area contributed by atoms with Crippen LogP contribution in [0.3, 0.4) is 0 Å². The zero-order valence-electron chi connectivity index (χ0n) is 23.4. The number of carbonyl (C=O) groups is 2. The summed E-state index contributed by atoms with van der Waals surface area (Å²) < 4.78 is 33.6. The summed E-state index contributed by atoms with van der Waals surface area (Å²) in [5.41, 5.74) is 0.298. The van der Waals surface area contributed by atoms with Crippen molar-refractivity contribution >= 4 is 33.2 Å². The van der Waals surface area contributed by atoms with E-state index in [0.717, 1.165) is 10.4 Å². The average Bonchev–Trinajstić information content (AvgIpc) is 2.98. The van der Waals surface area contributed by atoms with Gasteiger partial charge in [-0.15, -0.1) is 0 Å². The Hall–Kier alpha value is -4.45. The van der Waals surface area contributed by atoms with E-state index in [0.29, 0.717) is 17.7 Å². The molecule has 2 atom stereocenters. The van der Waals surface area contributed by atoms with Gasteiger partial charge in [-0.3, -0.25) is 24.0 Å². The van der Waals surface area contributed by atoms with Crippen LogP contribution in [0, 0.1) is 10.1 Å². The first-order valence-electron chi connectivity index (χ1n) is 13.0. The highest BCUT2D eigenvalue weighted by Gasteiger charge is 2.33. The molecule has 0 radical (unpaired) electrons. The molecule has 0 saturated carbocycles. The van der Waals surface area contributed by atoms with E-state index in [4.69, 9.17) is 4.74 Å². The molecule has 0 aliphatic carbocycles. The predicted molar refractivity (Wildman–Crippen MR) is 155 cm³/mol. The SMILES string of the molecule is CC[C@H](C)NC(=O)[C@H](C)N(Cc1ccc(OC)cc1)C(=O)CN(c1cccc([N+](=O)[O-])c1)S(=O)(=O)c1ccccc1. The molecule has 11 nitrogen and oxygen atoms in total. The van der Waals surface area contributed by atoms with Crippen molar-refractivity contribution in [3.05, 3.63) is 94.5 Å². The Balaban J connectivity index is 2.05. The summed E-state index contributed by atoms with van der Waals surface area (Å²) in [6.07, 6.45) is 0.681. The van der Waals surface area contributed by atoms with Gasteiger partial charge in [0, 0.05) is 24.7 Å². The minimum absolute atomic E-state index is 0.00603. The molecule has 0 bridgehead atoms. The average molecular weight is 583 g/mol. The molecule has 0 unspecified atom stereocenters. The number of hydrogen-bond acceptors (Lipinski definition) is 7. The van der Waals surface area contributed by atoms with Gasteiger partial charge < -0.3 is 15.0 Å². The fourth-order valence-corrected chi connectivity index (χ4v) is 5.41. The van der Waals surface area contributed by atoms with Crippen molar-refractivity contribution in [2.75, 3.05) is 18.0 Å². The van der Waals surface area contributed by atoms with Crippen molar-refractivity contribution in [3.8, 4) is 5.75 Å². The third-order valence-corrected chi connectivity index (χ3v) is 8.41. The van der Waals surface area contributed by atoms with E-state index < -0.39 is 39.3 Å². The molecule has 12 heteroatoms. The lowest BCUT2D eigenvalue weighted by molar-refractivity contribution is -0.384. The van der Waals surface area contributed by atoms with Crippen LogP contribution in [0.25, 0.3) is 0 Å². The van der Waals surface area contributed by atoms with Crippen molar-refractivity contribution in [3.63, 3.8) is 0 Å². The van der Waals surface area contributed by atoms with Crippen LogP contribution in [-0.4, -0.2) is 55.8 Å². The number of nitro benzene ring substituents is 1. The molecular formula is C29H34N4O7S. The fourth-order valence-electron chi connectivity index (χ4n) is 3.99. The molecule has 3 rings (SSSR count). The molecule has 0 saturated heterocycles. The van der Waals surface area contributed by atoms with Crippen LogP contribution in [-0.2, 0) is 26.2 Å². The highest BCUT2D eigenvalue weighted by Crippen LogP contribution is 2.27. The smallest absolute Gasteiger partial charge is 0.271 e. The second-order valence-electron chi connectivity index (χ2n) is 9.47. The van der Waals surface area contributed by atoms with E-state index in [9.17, 15) is 28.1 Å². The Kier molecular flexibility index (Phi) is 10.4. The molecule has 2 amide bonds. The Labute approximate surface area is 239 Å². The lowest BCUT2D eigenvalue weighted by Crippen LogP contribution is -2.52. The van der Waals surface area contributed by atoms with E-state index in [-0.39, 0.29) is 28.9 Å². The van der Waals surface area contributed by atoms with E-state index in [1.807, 2.05) is 13.8 Å². The van der Waals surface area contributed by atoms with Gasteiger partial charge in [0.15, 0.2) is 0 Å². The number of anilines is 1. The zero-order chi connectivity index (χ0) is 30.2. The lowest BCUT2D eigenvalue weighted by Gasteiger charge is -2.32. The van der Waals surface area contributed by atoms with Crippen molar-refractivity contribution in [2.24, 2.45) is 0 Å². The van der Waals surface area contributed by atoms with E-state index >= 15 is 0 Å². The van der Waals surface area contributed by atoms with Gasteiger partial charge in [-0.2, -0.15) is 0 Å². The normalized spacial score (nSPS) is 12.6. The van der Waals surface area contributed by atoms with Gasteiger partial charge in [0.1, 0.15) is 18.3 Å². The maximum absolute atomic E-state index is 13.9.